The van der Waals surface area contributed by atoms with Gasteiger partial charge >= 0.3 is 5.97 Å². The number of hydrogen-bond donors (Lipinski definition) is 0. The maximum absolute atomic E-state index is 13.1. The number of hydrogen-bond acceptors (Lipinski definition) is 3. The van der Waals surface area contributed by atoms with Gasteiger partial charge in [-0.3, -0.25) is 0 Å². The van der Waals surface area contributed by atoms with E-state index in [9.17, 15) is 9.18 Å². The van der Waals surface area contributed by atoms with Crippen LogP contribution in [0.25, 0.3) is 0 Å². The van der Waals surface area contributed by atoms with E-state index >= 15 is 0 Å². The first-order valence-corrected chi connectivity index (χ1v) is 6.28. The van der Waals surface area contributed by atoms with E-state index in [4.69, 9.17) is 4.74 Å². The smallest absolute Gasteiger partial charge is 0.337 e. The lowest BCUT2D eigenvalue weighted by Gasteiger charge is -2.10. The molecule has 0 N–H and O–H groups in total. The fourth-order valence-corrected chi connectivity index (χ4v) is 1.83. The molecule has 2 aromatic rings. The average Bonchev–Trinajstić information content (AvgIpc) is 2.49. The molecule has 4 heteroatoms. The predicted octanol–water partition coefficient (Wildman–Crippen LogP) is 3.97. The Kier molecular flexibility index (Phi) is 4.35. The highest BCUT2D eigenvalue weighted by atomic mass is 19.1. The number of benzene rings is 2. The molecule has 0 aromatic heterocycles. The Labute approximate surface area is 117 Å². The van der Waals surface area contributed by atoms with Crippen molar-refractivity contribution in [2.75, 3.05) is 7.11 Å². The van der Waals surface area contributed by atoms with E-state index in [0.29, 0.717) is 23.5 Å². The van der Waals surface area contributed by atoms with Crippen LogP contribution in [0.1, 0.15) is 22.8 Å². The van der Waals surface area contributed by atoms with Crippen molar-refractivity contribution in [3.8, 4) is 11.5 Å². The molecule has 0 heterocycles. The molecule has 3 nitrogen and oxygen atoms in total. The molecule has 0 aliphatic rings. The predicted molar refractivity (Wildman–Crippen MR) is 73.6 cm³/mol. The molecule has 0 spiro atoms. The summed E-state index contributed by atoms with van der Waals surface area (Å²) >= 11 is 0. The van der Waals surface area contributed by atoms with E-state index in [-0.39, 0.29) is 5.82 Å². The average molecular weight is 274 g/mol. The van der Waals surface area contributed by atoms with Gasteiger partial charge in [0.25, 0.3) is 0 Å². The van der Waals surface area contributed by atoms with Gasteiger partial charge in [-0.2, -0.15) is 0 Å². The van der Waals surface area contributed by atoms with Gasteiger partial charge in [-0.05, 0) is 54.4 Å². The molecule has 0 saturated carbocycles. The first-order chi connectivity index (χ1) is 9.63. The van der Waals surface area contributed by atoms with E-state index < -0.39 is 5.97 Å². The van der Waals surface area contributed by atoms with Gasteiger partial charge in [0.1, 0.15) is 17.3 Å². The molecular weight excluding hydrogens is 259 g/mol. The van der Waals surface area contributed by atoms with Crippen molar-refractivity contribution in [1.82, 2.24) is 0 Å². The fraction of sp³-hybridized carbons (Fsp3) is 0.188. The van der Waals surface area contributed by atoms with Gasteiger partial charge in [-0.1, -0.05) is 6.92 Å². The van der Waals surface area contributed by atoms with E-state index in [1.54, 1.807) is 30.3 Å². The van der Waals surface area contributed by atoms with Crippen LogP contribution in [0, 0.1) is 5.82 Å². The molecule has 0 fully saturated rings. The van der Waals surface area contributed by atoms with Crippen LogP contribution in [-0.4, -0.2) is 13.1 Å². The van der Waals surface area contributed by atoms with Crippen LogP contribution >= 0.6 is 0 Å². The highest BCUT2D eigenvalue weighted by Gasteiger charge is 2.07. The van der Waals surface area contributed by atoms with Gasteiger partial charge in [0.05, 0.1) is 12.7 Å². The van der Waals surface area contributed by atoms with Crippen LogP contribution in [-0.2, 0) is 11.2 Å². The van der Waals surface area contributed by atoms with Gasteiger partial charge in [0.15, 0.2) is 0 Å². The van der Waals surface area contributed by atoms with Crippen molar-refractivity contribution in [3.63, 3.8) is 0 Å². The standard InChI is InChI=1S/C16H15FO3/c1-3-11-10-13(17)6-9-15(11)20-14-7-4-12(5-8-14)16(18)19-2/h4-10H,3H2,1-2H3. The summed E-state index contributed by atoms with van der Waals surface area (Å²) in [4.78, 5) is 11.3. The molecule has 2 aromatic carbocycles. The second-order valence-electron chi connectivity index (χ2n) is 4.22. The minimum absolute atomic E-state index is 0.282. The molecule has 0 radical (unpaired) electrons. The molecule has 104 valence electrons. The van der Waals surface area contributed by atoms with Crippen molar-refractivity contribution in [1.29, 1.82) is 0 Å². The van der Waals surface area contributed by atoms with Crippen molar-refractivity contribution >= 4 is 5.97 Å². The summed E-state index contributed by atoms with van der Waals surface area (Å²) in [6, 6.07) is 11.0. The van der Waals surface area contributed by atoms with E-state index in [1.807, 2.05) is 6.92 Å². The van der Waals surface area contributed by atoms with Crippen LogP contribution < -0.4 is 4.74 Å². The lowest BCUT2D eigenvalue weighted by atomic mass is 10.1. The van der Waals surface area contributed by atoms with Gasteiger partial charge in [0.2, 0.25) is 0 Å². The monoisotopic (exact) mass is 274 g/mol. The number of carbonyl (C=O) groups excluding carboxylic acids is 1. The van der Waals surface area contributed by atoms with Crippen molar-refractivity contribution in [2.24, 2.45) is 0 Å². The SMILES string of the molecule is CCc1cc(F)ccc1Oc1ccc(C(=O)OC)cc1. The largest absolute Gasteiger partial charge is 0.465 e. The number of esters is 1. The van der Waals surface area contributed by atoms with Crippen molar-refractivity contribution < 1.29 is 18.7 Å². The molecule has 0 aliphatic carbocycles. The Balaban J connectivity index is 2.20. The molecule has 0 amide bonds. The fourth-order valence-electron chi connectivity index (χ4n) is 1.83. The third-order valence-corrected chi connectivity index (χ3v) is 2.91. The summed E-state index contributed by atoms with van der Waals surface area (Å²) in [7, 11) is 1.33. The number of methoxy groups -OCH3 is 1. The lowest BCUT2D eigenvalue weighted by Crippen LogP contribution is -2.00. The van der Waals surface area contributed by atoms with Gasteiger partial charge in [-0.25, -0.2) is 9.18 Å². The number of aryl methyl sites for hydroxylation is 1. The summed E-state index contributed by atoms with van der Waals surface area (Å²) in [5.74, 6) is 0.515. The van der Waals surface area contributed by atoms with Crippen molar-refractivity contribution in [3.05, 3.63) is 59.4 Å². The quantitative estimate of drug-likeness (QED) is 0.791. The molecule has 0 bridgehead atoms. The number of carbonyl (C=O) groups is 1. The Bertz CT molecular complexity index is 606. The van der Waals surface area contributed by atoms with Crippen molar-refractivity contribution in [2.45, 2.75) is 13.3 Å². The maximum Gasteiger partial charge on any atom is 0.337 e. The molecule has 0 saturated heterocycles. The Hall–Kier alpha value is -2.36. The number of rotatable bonds is 4. The van der Waals surface area contributed by atoms with Crippen LogP contribution in [0.3, 0.4) is 0 Å². The molecule has 2 rings (SSSR count). The van der Waals surface area contributed by atoms with Gasteiger partial charge in [0, 0.05) is 0 Å². The minimum atomic E-state index is -0.396. The molecular formula is C16H15FO3. The second-order valence-corrected chi connectivity index (χ2v) is 4.22. The molecule has 0 aliphatic heterocycles. The third-order valence-electron chi connectivity index (χ3n) is 2.91. The van der Waals surface area contributed by atoms with Gasteiger partial charge < -0.3 is 9.47 Å². The topological polar surface area (TPSA) is 35.5 Å². The first kappa shape index (κ1) is 14.1. The Morgan fingerprint density at radius 2 is 1.85 bits per heavy atom. The van der Waals surface area contributed by atoms with Gasteiger partial charge in [-0.15, -0.1) is 0 Å². The van der Waals surface area contributed by atoms with E-state index in [1.165, 1.54) is 19.2 Å². The van der Waals surface area contributed by atoms with E-state index in [0.717, 1.165) is 5.56 Å². The third kappa shape index (κ3) is 3.15. The molecule has 20 heavy (non-hydrogen) atoms. The highest BCUT2D eigenvalue weighted by molar-refractivity contribution is 5.89. The zero-order valence-corrected chi connectivity index (χ0v) is 11.4. The Morgan fingerprint density at radius 1 is 1.15 bits per heavy atom. The van der Waals surface area contributed by atoms with Crippen LogP contribution in [0.5, 0.6) is 11.5 Å². The zero-order chi connectivity index (χ0) is 14.5. The number of ether oxygens (including phenoxy) is 2. The minimum Gasteiger partial charge on any atom is -0.465 e. The summed E-state index contributed by atoms with van der Waals surface area (Å²) in [5.41, 5.74) is 1.25. The molecule has 0 unspecified atom stereocenters. The Morgan fingerprint density at radius 3 is 2.45 bits per heavy atom. The van der Waals surface area contributed by atoms with E-state index in [2.05, 4.69) is 4.74 Å². The van der Waals surface area contributed by atoms with Crippen LogP contribution in [0.15, 0.2) is 42.5 Å². The summed E-state index contributed by atoms with van der Waals surface area (Å²) in [5, 5.41) is 0. The number of halogens is 1. The lowest BCUT2D eigenvalue weighted by molar-refractivity contribution is 0.0600. The normalized spacial score (nSPS) is 10.2. The van der Waals surface area contributed by atoms with Crippen LogP contribution in [0.2, 0.25) is 0 Å². The summed E-state index contributed by atoms with van der Waals surface area (Å²) < 4.78 is 23.5. The zero-order valence-electron chi connectivity index (χ0n) is 11.4. The molecule has 0 atom stereocenters. The first-order valence-electron chi connectivity index (χ1n) is 6.28. The highest BCUT2D eigenvalue weighted by Crippen LogP contribution is 2.26. The summed E-state index contributed by atoms with van der Waals surface area (Å²) in [6.45, 7) is 1.93. The summed E-state index contributed by atoms with van der Waals surface area (Å²) in [6.07, 6.45) is 0.674. The second kappa shape index (κ2) is 6.19. The van der Waals surface area contributed by atoms with Crippen LogP contribution in [0.4, 0.5) is 4.39 Å². The maximum atomic E-state index is 13.1.